The van der Waals surface area contributed by atoms with Crippen LogP contribution >= 0.6 is 0 Å². The molecule has 148 valence electrons. The molecule has 0 aromatic heterocycles. The minimum absolute atomic E-state index is 0.0656. The molecule has 3 amide bonds. The predicted molar refractivity (Wildman–Crippen MR) is 98.5 cm³/mol. The predicted octanol–water partition coefficient (Wildman–Crippen LogP) is 0.865. The van der Waals surface area contributed by atoms with E-state index in [1.54, 1.807) is 18.2 Å². The third-order valence-electron chi connectivity index (χ3n) is 4.44. The Morgan fingerprint density at radius 2 is 1.93 bits per heavy atom. The van der Waals surface area contributed by atoms with Crippen molar-refractivity contribution < 1.29 is 27.5 Å². The fourth-order valence-electron chi connectivity index (χ4n) is 3.01. The molecule has 0 bridgehead atoms. The molecule has 10 heteroatoms. The lowest BCUT2D eigenvalue weighted by atomic mass is 10.0. The minimum Gasteiger partial charge on any atom is -0.454 e. The van der Waals surface area contributed by atoms with Crippen molar-refractivity contribution in [2.45, 2.75) is 32.4 Å². The molecule has 0 saturated carbocycles. The number of nitrogens with one attached hydrogen (secondary N) is 3. The summed E-state index contributed by atoms with van der Waals surface area (Å²) < 4.78 is 33.5. The van der Waals surface area contributed by atoms with Gasteiger partial charge < -0.3 is 25.4 Å². The van der Waals surface area contributed by atoms with Crippen molar-refractivity contribution in [1.82, 2.24) is 10.6 Å². The number of hydrogen-bond donors (Lipinski definition) is 3. The highest BCUT2D eigenvalue weighted by Gasteiger charge is 2.31. The second-order valence-corrected chi connectivity index (χ2v) is 9.23. The molecule has 1 aromatic rings. The molecule has 1 unspecified atom stereocenters. The van der Waals surface area contributed by atoms with Gasteiger partial charge in [-0.15, -0.1) is 0 Å². The summed E-state index contributed by atoms with van der Waals surface area (Å²) in [5, 5.41) is 8.01. The van der Waals surface area contributed by atoms with Crippen molar-refractivity contribution in [2.24, 2.45) is 5.92 Å². The number of ether oxygens (including phenoxy) is 2. The first-order valence-corrected chi connectivity index (χ1v) is 10.5. The fourth-order valence-corrected chi connectivity index (χ4v) is 4.68. The molecule has 1 saturated heterocycles. The van der Waals surface area contributed by atoms with E-state index in [4.69, 9.17) is 9.47 Å². The second kappa shape index (κ2) is 7.63. The molecule has 3 N–H and O–H groups in total. The van der Waals surface area contributed by atoms with Crippen LogP contribution in [0.15, 0.2) is 18.2 Å². The highest BCUT2D eigenvalue weighted by molar-refractivity contribution is 7.91. The van der Waals surface area contributed by atoms with Crippen molar-refractivity contribution >= 4 is 27.5 Å². The van der Waals surface area contributed by atoms with Gasteiger partial charge in [-0.25, -0.2) is 13.2 Å². The van der Waals surface area contributed by atoms with Crippen LogP contribution in [0, 0.1) is 5.92 Å². The van der Waals surface area contributed by atoms with Gasteiger partial charge in [0.25, 0.3) is 0 Å². The molecule has 2 aliphatic heterocycles. The van der Waals surface area contributed by atoms with E-state index in [-0.39, 0.29) is 30.1 Å². The normalized spacial score (nSPS) is 20.9. The Morgan fingerprint density at radius 3 is 2.59 bits per heavy atom. The molecule has 9 nitrogen and oxygen atoms in total. The van der Waals surface area contributed by atoms with Gasteiger partial charge in [0.1, 0.15) is 6.04 Å². The molecule has 27 heavy (non-hydrogen) atoms. The van der Waals surface area contributed by atoms with Crippen LogP contribution in [0.1, 0.15) is 20.3 Å². The van der Waals surface area contributed by atoms with Gasteiger partial charge in [-0.2, -0.15) is 0 Å². The van der Waals surface area contributed by atoms with E-state index in [0.29, 0.717) is 23.6 Å². The number of fused-ring (bicyclic) bond motifs is 1. The summed E-state index contributed by atoms with van der Waals surface area (Å²) in [6.45, 7) is 3.76. The first kappa shape index (κ1) is 19.3. The maximum absolute atomic E-state index is 12.6. The molecule has 1 aromatic carbocycles. The van der Waals surface area contributed by atoms with Crippen molar-refractivity contribution in [3.63, 3.8) is 0 Å². The highest BCUT2D eigenvalue weighted by atomic mass is 32.2. The lowest BCUT2D eigenvalue weighted by Gasteiger charge is -2.23. The first-order valence-electron chi connectivity index (χ1n) is 8.71. The van der Waals surface area contributed by atoms with E-state index in [1.807, 2.05) is 13.8 Å². The maximum atomic E-state index is 12.6. The zero-order valence-electron chi connectivity index (χ0n) is 15.2. The van der Waals surface area contributed by atoms with Gasteiger partial charge in [0.15, 0.2) is 21.3 Å². The zero-order chi connectivity index (χ0) is 19.6. The Bertz CT molecular complexity index is 839. The summed E-state index contributed by atoms with van der Waals surface area (Å²) in [7, 11) is -3.09. The number of carbonyl (C=O) groups excluding carboxylic acids is 2. The van der Waals surface area contributed by atoms with Crippen LogP contribution in [0.5, 0.6) is 11.5 Å². The van der Waals surface area contributed by atoms with Crippen LogP contribution in [-0.2, 0) is 14.6 Å². The van der Waals surface area contributed by atoms with Gasteiger partial charge in [-0.3, -0.25) is 4.79 Å². The SMILES string of the molecule is CC(C)[C@@H](NC(=O)NC1CCS(=O)(=O)C1)C(=O)Nc1ccc2c(c1)OCO2. The lowest BCUT2D eigenvalue weighted by Crippen LogP contribution is -2.52. The molecule has 0 radical (unpaired) electrons. The van der Waals surface area contributed by atoms with Gasteiger partial charge in [-0.1, -0.05) is 13.8 Å². The highest BCUT2D eigenvalue weighted by Crippen LogP contribution is 2.34. The minimum atomic E-state index is -3.09. The quantitative estimate of drug-likeness (QED) is 0.677. The lowest BCUT2D eigenvalue weighted by molar-refractivity contribution is -0.118. The van der Waals surface area contributed by atoms with Gasteiger partial charge in [0.05, 0.1) is 11.5 Å². The van der Waals surface area contributed by atoms with Crippen LogP contribution < -0.4 is 25.4 Å². The van der Waals surface area contributed by atoms with Crippen molar-refractivity contribution in [1.29, 1.82) is 0 Å². The maximum Gasteiger partial charge on any atom is 0.315 e. The van der Waals surface area contributed by atoms with E-state index >= 15 is 0 Å². The van der Waals surface area contributed by atoms with Crippen molar-refractivity contribution in [3.05, 3.63) is 18.2 Å². The molecular formula is C17H23N3O6S. The number of hydrogen-bond acceptors (Lipinski definition) is 6. The molecule has 0 spiro atoms. The van der Waals surface area contributed by atoms with E-state index in [0.717, 1.165) is 0 Å². The number of rotatable bonds is 5. The topological polar surface area (TPSA) is 123 Å². The number of sulfone groups is 1. The third kappa shape index (κ3) is 4.82. The Balaban J connectivity index is 1.59. The molecule has 1 fully saturated rings. The average Bonchev–Trinajstić information content (AvgIpc) is 3.17. The fraction of sp³-hybridized carbons (Fsp3) is 0.529. The second-order valence-electron chi connectivity index (χ2n) is 7.00. The van der Waals surface area contributed by atoms with Gasteiger partial charge in [0, 0.05) is 17.8 Å². The molecule has 2 atom stereocenters. The average molecular weight is 397 g/mol. The summed E-state index contributed by atoms with van der Waals surface area (Å²) in [5.74, 6) is 0.598. The van der Waals surface area contributed by atoms with Crippen molar-refractivity contribution in [2.75, 3.05) is 23.6 Å². The standard InChI is InChI=1S/C17H23N3O6S/c1-10(2)15(20-17(22)19-12-5-6-27(23,24)8-12)16(21)18-11-3-4-13-14(7-11)26-9-25-13/h3-4,7,10,12,15H,5-6,8-9H2,1-2H3,(H,18,21)(H2,19,20,22)/t12?,15-/m1/s1. The summed E-state index contributed by atoms with van der Waals surface area (Å²) in [6.07, 6.45) is 0.380. The summed E-state index contributed by atoms with van der Waals surface area (Å²) >= 11 is 0. The Labute approximate surface area is 157 Å². The summed E-state index contributed by atoms with van der Waals surface area (Å²) in [4.78, 5) is 24.8. The van der Waals surface area contributed by atoms with Crippen LogP contribution in [-0.4, -0.2) is 50.7 Å². The molecular weight excluding hydrogens is 374 g/mol. The number of carbonyl (C=O) groups is 2. The Kier molecular flexibility index (Phi) is 5.45. The van der Waals surface area contributed by atoms with Crippen LogP contribution in [0.4, 0.5) is 10.5 Å². The number of benzene rings is 1. The van der Waals surface area contributed by atoms with E-state index in [2.05, 4.69) is 16.0 Å². The summed E-state index contributed by atoms with van der Waals surface area (Å²) in [6, 6.07) is 3.26. The van der Waals surface area contributed by atoms with Gasteiger partial charge in [0.2, 0.25) is 12.7 Å². The summed E-state index contributed by atoms with van der Waals surface area (Å²) in [5.41, 5.74) is 0.527. The largest absolute Gasteiger partial charge is 0.454 e. The van der Waals surface area contributed by atoms with Gasteiger partial charge in [-0.05, 0) is 24.5 Å². The molecule has 3 rings (SSSR count). The van der Waals surface area contributed by atoms with Crippen LogP contribution in [0.2, 0.25) is 0 Å². The van der Waals surface area contributed by atoms with E-state index < -0.39 is 28.0 Å². The third-order valence-corrected chi connectivity index (χ3v) is 6.21. The van der Waals surface area contributed by atoms with E-state index in [1.165, 1.54) is 0 Å². The zero-order valence-corrected chi connectivity index (χ0v) is 16.0. The Hall–Kier alpha value is -2.49. The van der Waals surface area contributed by atoms with Crippen molar-refractivity contribution in [3.8, 4) is 11.5 Å². The monoisotopic (exact) mass is 397 g/mol. The molecule has 2 heterocycles. The van der Waals surface area contributed by atoms with Crippen LogP contribution in [0.3, 0.4) is 0 Å². The van der Waals surface area contributed by atoms with E-state index in [9.17, 15) is 18.0 Å². The molecule has 2 aliphatic rings. The number of anilines is 1. The van der Waals surface area contributed by atoms with Gasteiger partial charge >= 0.3 is 6.03 Å². The molecule has 0 aliphatic carbocycles. The van der Waals surface area contributed by atoms with Crippen LogP contribution in [0.25, 0.3) is 0 Å². The number of urea groups is 1. The Morgan fingerprint density at radius 1 is 1.19 bits per heavy atom. The number of amides is 3. The first-order chi connectivity index (χ1) is 12.7. The smallest absolute Gasteiger partial charge is 0.315 e.